The Bertz CT molecular complexity index is 528. The van der Waals surface area contributed by atoms with E-state index in [-0.39, 0.29) is 6.61 Å². The Kier molecular flexibility index (Phi) is 4.28. The van der Waals surface area contributed by atoms with Gasteiger partial charge in [-0.1, -0.05) is 36.4 Å². The van der Waals surface area contributed by atoms with Gasteiger partial charge in [-0.15, -0.1) is 0 Å². The molecule has 0 aromatic heterocycles. The molecule has 0 aliphatic carbocycles. The highest BCUT2D eigenvalue weighted by Crippen LogP contribution is 2.15. The third-order valence-electron chi connectivity index (χ3n) is 2.47. The number of thiocarbonyl (C=S) groups is 1. The summed E-state index contributed by atoms with van der Waals surface area (Å²) in [6, 6.07) is 17.2. The van der Waals surface area contributed by atoms with E-state index in [1.54, 1.807) is 0 Å². The highest BCUT2D eigenvalue weighted by molar-refractivity contribution is 7.80. The number of rotatable bonds is 3. The van der Waals surface area contributed by atoms with Crippen LogP contribution in [-0.4, -0.2) is 10.2 Å². The molecule has 3 N–H and O–H groups in total. The third kappa shape index (κ3) is 3.29. The van der Waals surface area contributed by atoms with Crippen molar-refractivity contribution >= 4 is 28.7 Å². The number of para-hydroxylation sites is 2. The van der Waals surface area contributed by atoms with Gasteiger partial charge in [0.15, 0.2) is 5.11 Å². The topological polar surface area (TPSA) is 44.3 Å². The molecule has 0 unspecified atom stereocenters. The SMILES string of the molecule is OCc1ccccc1NC(=S)Nc1ccccc1. The molecule has 0 spiro atoms. The molecule has 0 aliphatic rings. The summed E-state index contributed by atoms with van der Waals surface area (Å²) in [5, 5.41) is 15.9. The summed E-state index contributed by atoms with van der Waals surface area (Å²) in [6.45, 7) is -0.0167. The van der Waals surface area contributed by atoms with E-state index in [1.165, 1.54) is 0 Å². The Balaban J connectivity index is 2.03. The van der Waals surface area contributed by atoms with Gasteiger partial charge in [-0.3, -0.25) is 0 Å². The second-order valence-electron chi connectivity index (χ2n) is 3.76. The first kappa shape index (κ1) is 12.5. The molecule has 0 radical (unpaired) electrons. The molecule has 18 heavy (non-hydrogen) atoms. The molecule has 2 rings (SSSR count). The maximum Gasteiger partial charge on any atom is 0.175 e. The number of hydrogen-bond acceptors (Lipinski definition) is 2. The molecule has 0 saturated heterocycles. The molecule has 0 heterocycles. The summed E-state index contributed by atoms with van der Waals surface area (Å²) < 4.78 is 0. The van der Waals surface area contributed by atoms with Crippen LogP contribution in [0.25, 0.3) is 0 Å². The van der Waals surface area contributed by atoms with Crippen LogP contribution < -0.4 is 10.6 Å². The Morgan fingerprint density at radius 3 is 2.33 bits per heavy atom. The summed E-state index contributed by atoms with van der Waals surface area (Å²) in [4.78, 5) is 0. The van der Waals surface area contributed by atoms with Crippen molar-refractivity contribution in [2.45, 2.75) is 6.61 Å². The Morgan fingerprint density at radius 2 is 1.61 bits per heavy atom. The third-order valence-corrected chi connectivity index (χ3v) is 2.67. The van der Waals surface area contributed by atoms with Crippen LogP contribution in [0, 0.1) is 0 Å². The number of aliphatic hydroxyl groups is 1. The Labute approximate surface area is 111 Å². The summed E-state index contributed by atoms with van der Waals surface area (Å²) >= 11 is 5.22. The molecular formula is C14H14N2OS. The number of aliphatic hydroxyl groups excluding tert-OH is 1. The van der Waals surface area contributed by atoms with Gasteiger partial charge in [-0.25, -0.2) is 0 Å². The van der Waals surface area contributed by atoms with Gasteiger partial charge in [0.25, 0.3) is 0 Å². The fourth-order valence-corrected chi connectivity index (χ4v) is 1.81. The van der Waals surface area contributed by atoms with Crippen LogP contribution in [0.1, 0.15) is 5.56 Å². The van der Waals surface area contributed by atoms with E-state index in [0.717, 1.165) is 16.9 Å². The molecule has 0 atom stereocenters. The first-order chi connectivity index (χ1) is 8.79. The van der Waals surface area contributed by atoms with Crippen molar-refractivity contribution < 1.29 is 5.11 Å². The minimum absolute atomic E-state index is 0.0167. The zero-order valence-corrected chi connectivity index (χ0v) is 10.6. The molecule has 0 amide bonds. The monoisotopic (exact) mass is 258 g/mol. The second kappa shape index (κ2) is 6.14. The lowest BCUT2D eigenvalue weighted by molar-refractivity contribution is 0.282. The molecule has 92 valence electrons. The van der Waals surface area contributed by atoms with Gasteiger partial charge in [0, 0.05) is 16.9 Å². The highest BCUT2D eigenvalue weighted by atomic mass is 32.1. The molecule has 2 aromatic rings. The number of benzene rings is 2. The van der Waals surface area contributed by atoms with Crippen molar-refractivity contribution in [3.8, 4) is 0 Å². The minimum atomic E-state index is -0.0167. The van der Waals surface area contributed by atoms with Crippen molar-refractivity contribution in [2.24, 2.45) is 0 Å². The van der Waals surface area contributed by atoms with Gasteiger partial charge >= 0.3 is 0 Å². The molecule has 0 aliphatic heterocycles. The lowest BCUT2D eigenvalue weighted by atomic mass is 10.2. The molecule has 4 heteroatoms. The molecule has 0 fully saturated rings. The van der Waals surface area contributed by atoms with Crippen LogP contribution in [0.3, 0.4) is 0 Å². The van der Waals surface area contributed by atoms with Crippen LogP contribution >= 0.6 is 12.2 Å². The van der Waals surface area contributed by atoms with Crippen molar-refractivity contribution in [2.75, 3.05) is 10.6 Å². The lowest BCUT2D eigenvalue weighted by Crippen LogP contribution is -2.19. The Morgan fingerprint density at radius 1 is 0.944 bits per heavy atom. The fraction of sp³-hybridized carbons (Fsp3) is 0.0714. The zero-order valence-electron chi connectivity index (χ0n) is 9.76. The van der Waals surface area contributed by atoms with Gasteiger partial charge in [0.05, 0.1) is 6.61 Å². The van der Waals surface area contributed by atoms with Gasteiger partial charge < -0.3 is 15.7 Å². The first-order valence-electron chi connectivity index (χ1n) is 5.61. The average Bonchev–Trinajstić information content (AvgIpc) is 2.40. The van der Waals surface area contributed by atoms with Crippen LogP contribution in [0.5, 0.6) is 0 Å². The van der Waals surface area contributed by atoms with Crippen LogP contribution in [0.2, 0.25) is 0 Å². The average molecular weight is 258 g/mol. The van der Waals surface area contributed by atoms with Gasteiger partial charge in [-0.05, 0) is 30.4 Å². The summed E-state index contributed by atoms with van der Waals surface area (Å²) in [7, 11) is 0. The Hall–Kier alpha value is -1.91. The van der Waals surface area contributed by atoms with Crippen LogP contribution in [0.15, 0.2) is 54.6 Å². The standard InChI is InChI=1S/C14H14N2OS/c17-10-11-6-4-5-9-13(11)16-14(18)15-12-7-2-1-3-8-12/h1-9,17H,10H2,(H2,15,16,18). The number of anilines is 2. The van der Waals surface area contributed by atoms with E-state index < -0.39 is 0 Å². The van der Waals surface area contributed by atoms with E-state index in [0.29, 0.717) is 5.11 Å². The number of hydrogen-bond donors (Lipinski definition) is 3. The van der Waals surface area contributed by atoms with Crippen molar-refractivity contribution in [3.05, 3.63) is 60.2 Å². The quantitative estimate of drug-likeness (QED) is 0.741. The summed E-state index contributed by atoms with van der Waals surface area (Å²) in [5.41, 5.74) is 2.56. The van der Waals surface area contributed by atoms with Crippen LogP contribution in [0.4, 0.5) is 11.4 Å². The molecular weight excluding hydrogens is 244 g/mol. The van der Waals surface area contributed by atoms with E-state index in [9.17, 15) is 5.11 Å². The van der Waals surface area contributed by atoms with E-state index in [4.69, 9.17) is 12.2 Å². The molecule has 0 saturated carbocycles. The maximum absolute atomic E-state index is 9.22. The minimum Gasteiger partial charge on any atom is -0.392 e. The highest BCUT2D eigenvalue weighted by Gasteiger charge is 2.02. The van der Waals surface area contributed by atoms with Gasteiger partial charge in [0.2, 0.25) is 0 Å². The van der Waals surface area contributed by atoms with E-state index in [2.05, 4.69) is 10.6 Å². The van der Waals surface area contributed by atoms with E-state index in [1.807, 2.05) is 54.6 Å². The summed E-state index contributed by atoms with van der Waals surface area (Å²) in [6.07, 6.45) is 0. The lowest BCUT2D eigenvalue weighted by Gasteiger charge is -2.12. The molecule has 2 aromatic carbocycles. The number of nitrogens with one attached hydrogen (secondary N) is 2. The predicted molar refractivity (Wildman–Crippen MR) is 78.7 cm³/mol. The maximum atomic E-state index is 9.22. The normalized spacial score (nSPS) is 9.83. The first-order valence-corrected chi connectivity index (χ1v) is 6.02. The van der Waals surface area contributed by atoms with Gasteiger partial charge in [0.1, 0.15) is 0 Å². The van der Waals surface area contributed by atoms with E-state index >= 15 is 0 Å². The smallest absolute Gasteiger partial charge is 0.175 e. The molecule has 3 nitrogen and oxygen atoms in total. The van der Waals surface area contributed by atoms with Crippen molar-refractivity contribution in [1.29, 1.82) is 0 Å². The van der Waals surface area contributed by atoms with Crippen LogP contribution in [-0.2, 0) is 6.61 Å². The largest absolute Gasteiger partial charge is 0.392 e. The van der Waals surface area contributed by atoms with Crippen molar-refractivity contribution in [3.63, 3.8) is 0 Å². The summed E-state index contributed by atoms with van der Waals surface area (Å²) in [5.74, 6) is 0. The second-order valence-corrected chi connectivity index (χ2v) is 4.17. The van der Waals surface area contributed by atoms with Gasteiger partial charge in [-0.2, -0.15) is 0 Å². The van der Waals surface area contributed by atoms with Crippen molar-refractivity contribution in [1.82, 2.24) is 0 Å². The fourth-order valence-electron chi connectivity index (χ4n) is 1.59. The predicted octanol–water partition coefficient (Wildman–Crippen LogP) is 2.99. The zero-order chi connectivity index (χ0) is 12.8. The molecule has 0 bridgehead atoms.